The van der Waals surface area contributed by atoms with E-state index < -0.39 is 0 Å². The van der Waals surface area contributed by atoms with Crippen LogP contribution in [0.3, 0.4) is 0 Å². The predicted molar refractivity (Wildman–Crippen MR) is 153 cm³/mol. The molecule has 194 valence electrons. The van der Waals surface area contributed by atoms with Crippen LogP contribution in [0.2, 0.25) is 0 Å². The van der Waals surface area contributed by atoms with Gasteiger partial charge in [-0.15, -0.1) is 0 Å². The molecule has 1 aromatic heterocycles. The summed E-state index contributed by atoms with van der Waals surface area (Å²) in [4.78, 5) is 19.2. The van der Waals surface area contributed by atoms with E-state index in [0.29, 0.717) is 25.5 Å². The number of carbonyl (C=O) groups excluding carboxylic acids is 1. The van der Waals surface area contributed by atoms with Crippen LogP contribution >= 0.6 is 0 Å². The van der Waals surface area contributed by atoms with Crippen LogP contribution in [0.15, 0.2) is 97.3 Å². The van der Waals surface area contributed by atoms with Crippen molar-refractivity contribution in [2.75, 3.05) is 6.54 Å². The monoisotopic (exact) mass is 504 g/mol. The minimum Gasteiger partial charge on any atom is -0.489 e. The van der Waals surface area contributed by atoms with Crippen LogP contribution in [0.4, 0.5) is 0 Å². The Balaban J connectivity index is 1.20. The Labute approximate surface area is 226 Å². The molecule has 0 N–H and O–H groups in total. The molecule has 1 fully saturated rings. The minimum absolute atomic E-state index is 0.235. The summed E-state index contributed by atoms with van der Waals surface area (Å²) in [6.45, 7) is 4.98. The highest BCUT2D eigenvalue weighted by atomic mass is 16.5. The lowest BCUT2D eigenvalue weighted by Gasteiger charge is -2.23. The lowest BCUT2D eigenvalue weighted by molar-refractivity contribution is -0.118. The van der Waals surface area contributed by atoms with Crippen molar-refractivity contribution in [3.8, 4) is 16.9 Å². The Bertz CT molecular complexity index is 1330. The highest BCUT2D eigenvalue weighted by molar-refractivity contribution is 5.81. The normalized spacial score (nSPS) is 15.4. The summed E-state index contributed by atoms with van der Waals surface area (Å²) in [5.74, 6) is 1.05. The lowest BCUT2D eigenvalue weighted by atomic mass is 9.95. The number of pyridine rings is 1. The Morgan fingerprint density at radius 1 is 0.895 bits per heavy atom. The molecule has 38 heavy (non-hydrogen) atoms. The topological polar surface area (TPSA) is 42.4 Å². The second kappa shape index (κ2) is 12.7. The summed E-state index contributed by atoms with van der Waals surface area (Å²) in [6, 6.07) is 29.8. The summed E-state index contributed by atoms with van der Waals surface area (Å²) in [5, 5.41) is 0. The Morgan fingerprint density at radius 3 is 2.34 bits per heavy atom. The molecule has 5 rings (SSSR count). The molecule has 0 bridgehead atoms. The SMILES string of the molecule is CC1CCCN1Cc1ccccc1-c1ccccc1COc1ccc(CC(=O)CCc2cccnc2)cc1. The van der Waals surface area contributed by atoms with Crippen molar-refractivity contribution in [3.05, 3.63) is 120 Å². The van der Waals surface area contributed by atoms with Gasteiger partial charge >= 0.3 is 0 Å². The van der Waals surface area contributed by atoms with Gasteiger partial charge < -0.3 is 4.74 Å². The van der Waals surface area contributed by atoms with Gasteiger partial charge in [0.2, 0.25) is 0 Å². The maximum absolute atomic E-state index is 12.5. The van der Waals surface area contributed by atoms with Gasteiger partial charge in [0.15, 0.2) is 0 Å². The summed E-state index contributed by atoms with van der Waals surface area (Å²) < 4.78 is 6.21. The number of rotatable bonds is 11. The van der Waals surface area contributed by atoms with E-state index in [2.05, 4.69) is 65.3 Å². The highest BCUT2D eigenvalue weighted by Gasteiger charge is 2.21. The van der Waals surface area contributed by atoms with Gasteiger partial charge in [-0.1, -0.05) is 66.7 Å². The number of hydrogen-bond donors (Lipinski definition) is 0. The molecular formula is C34H36N2O2. The van der Waals surface area contributed by atoms with Crippen LogP contribution < -0.4 is 4.74 Å². The zero-order valence-electron chi connectivity index (χ0n) is 22.2. The zero-order valence-corrected chi connectivity index (χ0v) is 22.2. The molecular weight excluding hydrogens is 468 g/mol. The van der Waals surface area contributed by atoms with Gasteiger partial charge in [-0.3, -0.25) is 14.7 Å². The number of likely N-dealkylation sites (tertiary alicyclic amines) is 1. The maximum Gasteiger partial charge on any atom is 0.137 e. The van der Waals surface area contributed by atoms with Crippen molar-refractivity contribution >= 4 is 5.78 Å². The average Bonchev–Trinajstić information content (AvgIpc) is 3.36. The quantitative estimate of drug-likeness (QED) is 0.219. The Hall–Kier alpha value is -3.76. The molecule has 2 heterocycles. The number of Topliss-reactive ketones (excluding diaryl/α,β-unsaturated/α-hetero) is 1. The van der Waals surface area contributed by atoms with Gasteiger partial charge in [0.1, 0.15) is 18.1 Å². The van der Waals surface area contributed by atoms with Crippen LogP contribution in [0.5, 0.6) is 5.75 Å². The molecule has 1 aliphatic rings. The van der Waals surface area contributed by atoms with Crippen molar-refractivity contribution in [1.29, 1.82) is 0 Å². The Morgan fingerprint density at radius 2 is 1.63 bits per heavy atom. The van der Waals surface area contributed by atoms with Crippen LogP contribution in [-0.4, -0.2) is 28.3 Å². The molecule has 0 radical (unpaired) electrons. The Kier molecular flexibility index (Phi) is 8.62. The number of aryl methyl sites for hydroxylation is 1. The first-order valence-corrected chi connectivity index (χ1v) is 13.7. The van der Waals surface area contributed by atoms with Crippen LogP contribution in [-0.2, 0) is 30.8 Å². The number of aromatic nitrogens is 1. The first kappa shape index (κ1) is 25.9. The third-order valence-corrected chi connectivity index (χ3v) is 7.52. The van der Waals surface area contributed by atoms with Gasteiger partial charge in [-0.05, 0) is 84.3 Å². The van der Waals surface area contributed by atoms with Crippen molar-refractivity contribution in [1.82, 2.24) is 9.88 Å². The number of ketones is 1. The van der Waals surface area contributed by atoms with Gasteiger partial charge in [0.05, 0.1) is 0 Å². The predicted octanol–water partition coefficient (Wildman–Crippen LogP) is 7.06. The van der Waals surface area contributed by atoms with E-state index in [4.69, 9.17) is 4.74 Å². The van der Waals surface area contributed by atoms with Crippen molar-refractivity contribution in [2.24, 2.45) is 0 Å². The number of ether oxygens (including phenoxy) is 1. The van der Waals surface area contributed by atoms with Crippen LogP contribution in [0.1, 0.15) is 48.4 Å². The third kappa shape index (κ3) is 6.76. The van der Waals surface area contributed by atoms with Crippen molar-refractivity contribution in [3.63, 3.8) is 0 Å². The number of carbonyl (C=O) groups is 1. The van der Waals surface area contributed by atoms with E-state index in [1.165, 1.54) is 41.6 Å². The van der Waals surface area contributed by atoms with E-state index in [9.17, 15) is 4.79 Å². The first-order chi connectivity index (χ1) is 18.7. The number of nitrogens with zero attached hydrogens (tertiary/aromatic N) is 2. The van der Waals surface area contributed by atoms with E-state index >= 15 is 0 Å². The summed E-state index contributed by atoms with van der Waals surface area (Å²) in [6.07, 6.45) is 7.84. The first-order valence-electron chi connectivity index (χ1n) is 13.7. The summed E-state index contributed by atoms with van der Waals surface area (Å²) in [7, 11) is 0. The molecule has 1 unspecified atom stereocenters. The van der Waals surface area contributed by atoms with Crippen LogP contribution in [0, 0.1) is 0 Å². The second-order valence-corrected chi connectivity index (χ2v) is 10.3. The smallest absolute Gasteiger partial charge is 0.137 e. The third-order valence-electron chi connectivity index (χ3n) is 7.52. The van der Waals surface area contributed by atoms with E-state index in [-0.39, 0.29) is 5.78 Å². The minimum atomic E-state index is 0.235. The fourth-order valence-electron chi connectivity index (χ4n) is 5.29. The average molecular weight is 505 g/mol. The highest BCUT2D eigenvalue weighted by Crippen LogP contribution is 2.30. The summed E-state index contributed by atoms with van der Waals surface area (Å²) >= 11 is 0. The van der Waals surface area contributed by atoms with Gasteiger partial charge in [-0.2, -0.15) is 0 Å². The summed E-state index contributed by atoms with van der Waals surface area (Å²) in [5.41, 5.74) is 7.16. The molecule has 1 saturated heterocycles. The molecule has 4 nitrogen and oxygen atoms in total. The molecule has 3 aromatic carbocycles. The standard InChI is InChI=1S/C34H36N2O2/c1-26-8-7-21-36(26)24-29-10-2-4-12-33(29)34-13-5-3-11-30(34)25-38-32-18-15-27(16-19-32)22-31(37)17-14-28-9-6-20-35-23-28/h2-6,9-13,15-16,18-20,23,26H,7-8,14,17,21-22,24-25H2,1H3. The van der Waals surface area contributed by atoms with Gasteiger partial charge in [0.25, 0.3) is 0 Å². The van der Waals surface area contributed by atoms with Gasteiger partial charge in [0, 0.05) is 37.8 Å². The largest absolute Gasteiger partial charge is 0.489 e. The van der Waals surface area contributed by atoms with Crippen LogP contribution in [0.25, 0.3) is 11.1 Å². The molecule has 4 heteroatoms. The fraction of sp³-hybridized carbons (Fsp3) is 0.294. The van der Waals surface area contributed by atoms with Crippen molar-refractivity contribution < 1.29 is 9.53 Å². The fourth-order valence-corrected chi connectivity index (χ4v) is 5.29. The van der Waals surface area contributed by atoms with E-state index in [0.717, 1.165) is 29.8 Å². The molecule has 0 aliphatic carbocycles. The lowest BCUT2D eigenvalue weighted by Crippen LogP contribution is -2.26. The zero-order chi connectivity index (χ0) is 26.2. The number of benzene rings is 3. The second-order valence-electron chi connectivity index (χ2n) is 10.3. The van der Waals surface area contributed by atoms with Gasteiger partial charge in [-0.25, -0.2) is 0 Å². The number of hydrogen-bond acceptors (Lipinski definition) is 4. The molecule has 1 aliphatic heterocycles. The van der Waals surface area contributed by atoms with E-state index in [1.807, 2.05) is 42.6 Å². The molecule has 0 saturated carbocycles. The molecule has 1 atom stereocenters. The molecule has 0 amide bonds. The molecule has 0 spiro atoms. The maximum atomic E-state index is 12.5. The van der Waals surface area contributed by atoms with E-state index in [1.54, 1.807) is 6.20 Å². The molecule has 4 aromatic rings. The van der Waals surface area contributed by atoms with Crippen molar-refractivity contribution in [2.45, 2.75) is 58.2 Å².